The van der Waals surface area contributed by atoms with Crippen LogP contribution in [0.3, 0.4) is 0 Å². The molecule has 24 heavy (non-hydrogen) atoms. The lowest BCUT2D eigenvalue weighted by atomic mass is 10.1. The molecule has 0 saturated carbocycles. The van der Waals surface area contributed by atoms with Crippen molar-refractivity contribution < 1.29 is 4.79 Å². The van der Waals surface area contributed by atoms with Gasteiger partial charge in [-0.2, -0.15) is 0 Å². The first kappa shape index (κ1) is 16.6. The van der Waals surface area contributed by atoms with E-state index >= 15 is 0 Å². The topological polar surface area (TPSA) is 44.9 Å². The minimum atomic E-state index is -0.0130. The van der Waals surface area contributed by atoms with E-state index in [0.717, 1.165) is 29.6 Å². The minimum Gasteiger partial charge on any atom is -0.383 e. The monoisotopic (exact) mass is 340 g/mol. The quantitative estimate of drug-likeness (QED) is 0.431. The molecule has 0 radical (unpaired) electrons. The number of fused-ring (bicyclic) bond motifs is 1. The van der Waals surface area contributed by atoms with Gasteiger partial charge in [-0.1, -0.05) is 61.7 Å². The van der Waals surface area contributed by atoms with Crippen molar-refractivity contribution >= 4 is 34.0 Å². The maximum absolute atomic E-state index is 12.9. The normalized spacial score (nSPS) is 10.9. The Labute approximate surface area is 147 Å². The molecule has 124 valence electrons. The van der Waals surface area contributed by atoms with E-state index in [1.165, 1.54) is 12.8 Å². The fourth-order valence-electron chi connectivity index (χ4n) is 2.85. The smallest absolute Gasteiger partial charge is 0.211 e. The molecule has 2 N–H and O–H groups in total. The molecule has 0 spiro atoms. The van der Waals surface area contributed by atoms with Crippen molar-refractivity contribution in [1.29, 1.82) is 0 Å². The van der Waals surface area contributed by atoms with Crippen molar-refractivity contribution in [2.75, 3.05) is 11.9 Å². The van der Waals surface area contributed by atoms with Gasteiger partial charge in [0.25, 0.3) is 0 Å². The second-order valence-electron chi connectivity index (χ2n) is 5.89. The maximum Gasteiger partial charge on any atom is 0.211 e. The lowest BCUT2D eigenvalue weighted by Crippen LogP contribution is -2.08. The summed E-state index contributed by atoms with van der Waals surface area (Å²) in [5.41, 5.74) is 3.01. The molecular formula is C20H21ClN2O. The summed E-state index contributed by atoms with van der Waals surface area (Å²) in [5.74, 6) is -0.0130. The van der Waals surface area contributed by atoms with Crippen molar-refractivity contribution in [2.45, 2.75) is 26.2 Å². The number of hydrogen-bond donors (Lipinski definition) is 2. The van der Waals surface area contributed by atoms with Crippen LogP contribution < -0.4 is 5.32 Å². The number of carbonyl (C=O) groups is 1. The number of carbonyl (C=O) groups excluding carboxylic acids is 1. The lowest BCUT2D eigenvalue weighted by molar-refractivity contribution is 0.103. The van der Waals surface area contributed by atoms with Crippen LogP contribution in [0.5, 0.6) is 0 Å². The molecule has 0 saturated heterocycles. The summed E-state index contributed by atoms with van der Waals surface area (Å²) in [6.45, 7) is 3.02. The van der Waals surface area contributed by atoms with Crippen LogP contribution in [0, 0.1) is 0 Å². The van der Waals surface area contributed by atoms with Gasteiger partial charge in [0.15, 0.2) is 0 Å². The first-order chi connectivity index (χ1) is 11.7. The molecule has 3 aromatic rings. The van der Waals surface area contributed by atoms with Crippen molar-refractivity contribution in [1.82, 2.24) is 4.98 Å². The molecule has 0 atom stereocenters. The SMILES string of the molecule is CCCCCNc1c(C(=O)c2ccccc2)[nH]c2cc(Cl)ccc12. The van der Waals surface area contributed by atoms with Crippen LogP contribution >= 0.6 is 11.6 Å². The Kier molecular flexibility index (Phi) is 5.21. The molecule has 0 unspecified atom stereocenters. The minimum absolute atomic E-state index is 0.0130. The first-order valence-electron chi connectivity index (χ1n) is 8.35. The number of H-pyrrole nitrogens is 1. The van der Waals surface area contributed by atoms with Crippen LogP contribution in [-0.2, 0) is 0 Å². The van der Waals surface area contributed by atoms with Gasteiger partial charge in [0, 0.05) is 28.0 Å². The van der Waals surface area contributed by atoms with Gasteiger partial charge < -0.3 is 10.3 Å². The molecule has 0 amide bonds. The van der Waals surface area contributed by atoms with E-state index in [4.69, 9.17) is 11.6 Å². The highest BCUT2D eigenvalue weighted by molar-refractivity contribution is 6.31. The zero-order valence-corrected chi connectivity index (χ0v) is 14.5. The molecule has 1 heterocycles. The Hall–Kier alpha value is -2.26. The zero-order valence-electron chi connectivity index (χ0n) is 13.7. The van der Waals surface area contributed by atoms with Crippen molar-refractivity contribution in [3.8, 4) is 0 Å². The third kappa shape index (κ3) is 3.46. The fraction of sp³-hybridized carbons (Fsp3) is 0.250. The second kappa shape index (κ2) is 7.54. The van der Waals surface area contributed by atoms with Gasteiger partial charge in [-0.3, -0.25) is 4.79 Å². The number of rotatable bonds is 7. The number of benzene rings is 2. The molecular weight excluding hydrogens is 320 g/mol. The number of ketones is 1. The molecule has 4 heteroatoms. The van der Waals surface area contributed by atoms with Crippen molar-refractivity contribution in [3.05, 3.63) is 64.8 Å². The lowest BCUT2D eigenvalue weighted by Gasteiger charge is -2.08. The molecule has 0 aliphatic rings. The van der Waals surface area contributed by atoms with Gasteiger partial charge in [0.1, 0.15) is 5.69 Å². The summed E-state index contributed by atoms with van der Waals surface area (Å²) in [4.78, 5) is 16.2. The molecule has 0 bridgehead atoms. The van der Waals surface area contributed by atoms with Gasteiger partial charge >= 0.3 is 0 Å². The van der Waals surface area contributed by atoms with E-state index < -0.39 is 0 Å². The van der Waals surface area contributed by atoms with Crippen LogP contribution in [0.25, 0.3) is 10.9 Å². The Morgan fingerprint density at radius 1 is 1.12 bits per heavy atom. The highest BCUT2D eigenvalue weighted by atomic mass is 35.5. The number of anilines is 1. The molecule has 0 aliphatic carbocycles. The molecule has 1 aromatic heterocycles. The van der Waals surface area contributed by atoms with Crippen LogP contribution in [-0.4, -0.2) is 17.3 Å². The van der Waals surface area contributed by atoms with Crippen molar-refractivity contribution in [2.24, 2.45) is 0 Å². The van der Waals surface area contributed by atoms with Gasteiger partial charge in [-0.05, 0) is 24.6 Å². The number of aromatic amines is 1. The maximum atomic E-state index is 12.9. The number of aromatic nitrogens is 1. The van der Waals surface area contributed by atoms with Crippen LogP contribution in [0.15, 0.2) is 48.5 Å². The third-order valence-corrected chi connectivity index (χ3v) is 4.34. The molecule has 2 aromatic carbocycles. The van der Waals surface area contributed by atoms with Crippen LogP contribution in [0.4, 0.5) is 5.69 Å². The second-order valence-corrected chi connectivity index (χ2v) is 6.33. The predicted octanol–water partition coefficient (Wildman–Crippen LogP) is 5.65. The van der Waals surface area contributed by atoms with Crippen LogP contribution in [0.1, 0.15) is 42.2 Å². The summed E-state index contributed by atoms with van der Waals surface area (Å²) >= 11 is 6.10. The van der Waals surface area contributed by atoms with E-state index in [-0.39, 0.29) is 5.78 Å². The highest BCUT2D eigenvalue weighted by Crippen LogP contribution is 2.31. The number of unbranched alkanes of at least 4 members (excludes halogenated alkanes) is 2. The summed E-state index contributed by atoms with van der Waals surface area (Å²) in [5, 5.41) is 5.09. The first-order valence-corrected chi connectivity index (χ1v) is 8.73. The summed E-state index contributed by atoms with van der Waals surface area (Å²) in [7, 11) is 0. The summed E-state index contributed by atoms with van der Waals surface area (Å²) in [6, 6.07) is 15.0. The van der Waals surface area contributed by atoms with Gasteiger partial charge in [-0.25, -0.2) is 0 Å². The predicted molar refractivity (Wildman–Crippen MR) is 101 cm³/mol. The molecule has 3 nitrogen and oxygen atoms in total. The van der Waals surface area contributed by atoms with Crippen molar-refractivity contribution in [3.63, 3.8) is 0 Å². The number of halogens is 1. The fourth-order valence-corrected chi connectivity index (χ4v) is 3.02. The van der Waals surface area contributed by atoms with Gasteiger partial charge in [-0.15, -0.1) is 0 Å². The summed E-state index contributed by atoms with van der Waals surface area (Å²) < 4.78 is 0. The van der Waals surface area contributed by atoms with Gasteiger partial charge in [0.05, 0.1) is 5.69 Å². The Bertz CT molecular complexity index is 839. The van der Waals surface area contributed by atoms with E-state index in [1.807, 2.05) is 48.5 Å². The number of nitrogens with one attached hydrogen (secondary N) is 2. The standard InChI is InChI=1S/C20H21ClN2O/c1-2-3-7-12-22-18-16-11-10-15(21)13-17(16)23-19(18)20(24)14-8-5-4-6-9-14/h4-6,8-11,13,22-23H,2-3,7,12H2,1H3. The molecule has 0 aliphatic heterocycles. The third-order valence-electron chi connectivity index (χ3n) is 4.11. The van der Waals surface area contributed by atoms with Gasteiger partial charge in [0.2, 0.25) is 5.78 Å². The van der Waals surface area contributed by atoms with E-state index in [1.54, 1.807) is 0 Å². The average molecular weight is 341 g/mol. The summed E-state index contributed by atoms with van der Waals surface area (Å²) in [6.07, 6.45) is 3.42. The molecule has 0 fully saturated rings. The largest absolute Gasteiger partial charge is 0.383 e. The molecule has 3 rings (SSSR count). The average Bonchev–Trinajstić information content (AvgIpc) is 2.96. The zero-order chi connectivity index (χ0) is 16.9. The highest BCUT2D eigenvalue weighted by Gasteiger charge is 2.19. The van der Waals surface area contributed by atoms with E-state index in [0.29, 0.717) is 16.3 Å². The Morgan fingerprint density at radius 3 is 2.67 bits per heavy atom. The Balaban J connectivity index is 2.00. The van der Waals surface area contributed by atoms with E-state index in [9.17, 15) is 4.79 Å². The van der Waals surface area contributed by atoms with E-state index in [2.05, 4.69) is 17.2 Å². The Morgan fingerprint density at radius 2 is 1.92 bits per heavy atom. The number of hydrogen-bond acceptors (Lipinski definition) is 2. The van der Waals surface area contributed by atoms with Crippen LogP contribution in [0.2, 0.25) is 5.02 Å².